The van der Waals surface area contributed by atoms with Crippen molar-refractivity contribution >= 4 is 40.4 Å². The molecule has 150 valence electrons. The molecular weight excluding hydrogens is 403 g/mol. The fraction of sp³-hybridized carbons (Fsp3) is 0.0833. The lowest BCUT2D eigenvalue weighted by atomic mass is 10.0. The summed E-state index contributed by atoms with van der Waals surface area (Å²) in [7, 11) is 0. The maximum atomic E-state index is 13.4. The maximum Gasteiger partial charge on any atom is 0.282 e. The van der Waals surface area contributed by atoms with Gasteiger partial charge in [0.15, 0.2) is 0 Å². The molecule has 1 heterocycles. The summed E-state index contributed by atoms with van der Waals surface area (Å²) in [6.07, 6.45) is 0. The molecule has 6 heteroatoms. The summed E-state index contributed by atoms with van der Waals surface area (Å²) < 4.78 is 13.4. The van der Waals surface area contributed by atoms with E-state index in [1.807, 2.05) is 32.0 Å². The van der Waals surface area contributed by atoms with Gasteiger partial charge in [0.25, 0.3) is 11.8 Å². The molecule has 3 aromatic rings. The van der Waals surface area contributed by atoms with Crippen LogP contribution in [0.4, 0.5) is 15.8 Å². The number of hydrogen-bond donors (Lipinski definition) is 1. The molecule has 2 amide bonds. The van der Waals surface area contributed by atoms with Crippen molar-refractivity contribution in [2.75, 3.05) is 10.2 Å². The van der Waals surface area contributed by atoms with Crippen LogP contribution in [-0.4, -0.2) is 11.8 Å². The average Bonchev–Trinajstić information content (AvgIpc) is 2.93. The predicted molar refractivity (Wildman–Crippen MR) is 117 cm³/mol. The second-order valence-electron chi connectivity index (χ2n) is 7.18. The number of nitrogens with one attached hydrogen (secondary N) is 1. The van der Waals surface area contributed by atoms with Gasteiger partial charge in [-0.25, -0.2) is 9.29 Å². The van der Waals surface area contributed by atoms with Gasteiger partial charge in [-0.2, -0.15) is 0 Å². The van der Waals surface area contributed by atoms with Crippen LogP contribution in [0.2, 0.25) is 5.02 Å². The van der Waals surface area contributed by atoms with Crippen molar-refractivity contribution in [1.29, 1.82) is 0 Å². The Hall–Kier alpha value is -3.44. The average molecular weight is 421 g/mol. The number of amides is 2. The second kappa shape index (κ2) is 7.76. The molecule has 0 fully saturated rings. The highest BCUT2D eigenvalue weighted by atomic mass is 35.5. The van der Waals surface area contributed by atoms with Crippen LogP contribution in [0, 0.1) is 19.7 Å². The normalized spacial score (nSPS) is 13.9. The highest BCUT2D eigenvalue weighted by Gasteiger charge is 2.40. The Morgan fingerprint density at radius 2 is 1.43 bits per heavy atom. The fourth-order valence-electron chi connectivity index (χ4n) is 3.55. The lowest BCUT2D eigenvalue weighted by Gasteiger charge is -2.15. The van der Waals surface area contributed by atoms with Crippen LogP contribution in [0.1, 0.15) is 16.7 Å². The molecule has 1 aliphatic heterocycles. The summed E-state index contributed by atoms with van der Waals surface area (Å²) in [5.41, 5.74) is 4.02. The zero-order valence-corrected chi connectivity index (χ0v) is 17.1. The first-order valence-electron chi connectivity index (χ1n) is 9.33. The van der Waals surface area contributed by atoms with Crippen LogP contribution >= 0.6 is 11.6 Å². The van der Waals surface area contributed by atoms with Crippen molar-refractivity contribution in [2.45, 2.75) is 13.8 Å². The van der Waals surface area contributed by atoms with Gasteiger partial charge in [0, 0.05) is 10.7 Å². The largest absolute Gasteiger partial charge is 0.350 e. The van der Waals surface area contributed by atoms with Gasteiger partial charge in [-0.1, -0.05) is 29.8 Å². The molecule has 0 aromatic heterocycles. The topological polar surface area (TPSA) is 49.4 Å². The molecule has 1 N–H and O–H groups in total. The van der Waals surface area contributed by atoms with Gasteiger partial charge in [-0.05, 0) is 79.1 Å². The van der Waals surface area contributed by atoms with Crippen LogP contribution in [0.25, 0.3) is 5.57 Å². The Balaban J connectivity index is 1.83. The van der Waals surface area contributed by atoms with Crippen molar-refractivity contribution in [3.8, 4) is 0 Å². The first-order chi connectivity index (χ1) is 14.3. The molecule has 0 aliphatic carbocycles. The Morgan fingerprint density at radius 1 is 0.833 bits per heavy atom. The van der Waals surface area contributed by atoms with Crippen LogP contribution < -0.4 is 10.2 Å². The fourth-order valence-corrected chi connectivity index (χ4v) is 3.67. The number of hydrogen-bond acceptors (Lipinski definition) is 3. The van der Waals surface area contributed by atoms with Crippen LogP contribution in [-0.2, 0) is 9.59 Å². The monoisotopic (exact) mass is 420 g/mol. The van der Waals surface area contributed by atoms with Gasteiger partial charge in [0.1, 0.15) is 11.5 Å². The van der Waals surface area contributed by atoms with Crippen molar-refractivity contribution < 1.29 is 14.0 Å². The van der Waals surface area contributed by atoms with Crippen molar-refractivity contribution in [3.63, 3.8) is 0 Å². The quantitative estimate of drug-likeness (QED) is 0.567. The van der Waals surface area contributed by atoms with E-state index < -0.39 is 17.6 Å². The van der Waals surface area contributed by atoms with Gasteiger partial charge in [0.2, 0.25) is 0 Å². The minimum atomic E-state index is -0.504. The first kappa shape index (κ1) is 19.9. The van der Waals surface area contributed by atoms with E-state index >= 15 is 0 Å². The van der Waals surface area contributed by atoms with E-state index in [0.29, 0.717) is 22.0 Å². The third-order valence-corrected chi connectivity index (χ3v) is 5.04. The molecule has 0 saturated carbocycles. The molecule has 4 rings (SSSR count). The van der Waals surface area contributed by atoms with E-state index in [9.17, 15) is 14.0 Å². The lowest BCUT2D eigenvalue weighted by Crippen LogP contribution is -2.32. The number of anilines is 2. The van der Waals surface area contributed by atoms with Crippen molar-refractivity contribution in [3.05, 3.63) is 100.0 Å². The van der Waals surface area contributed by atoms with E-state index in [-0.39, 0.29) is 11.3 Å². The molecule has 4 nitrogen and oxygen atoms in total. The molecular formula is C24H18ClFN2O2. The molecule has 0 atom stereocenters. The summed E-state index contributed by atoms with van der Waals surface area (Å²) in [5, 5.41) is 3.66. The molecule has 30 heavy (non-hydrogen) atoms. The Kier molecular flexibility index (Phi) is 5.14. The summed E-state index contributed by atoms with van der Waals surface area (Å²) in [6, 6.07) is 17.8. The zero-order chi connectivity index (χ0) is 21.4. The summed E-state index contributed by atoms with van der Waals surface area (Å²) in [6.45, 7) is 3.91. The summed E-state index contributed by atoms with van der Waals surface area (Å²) in [5.74, 6) is -1.44. The zero-order valence-electron chi connectivity index (χ0n) is 16.4. The number of rotatable bonds is 4. The number of aryl methyl sites for hydroxylation is 2. The highest BCUT2D eigenvalue weighted by molar-refractivity contribution is 6.46. The van der Waals surface area contributed by atoms with Crippen LogP contribution in [0.3, 0.4) is 0 Å². The standard InChI is InChI=1S/C24H18ClFN2O2/c1-14-11-15(2)13-19(12-14)27-22-21(16-3-5-17(25)6-4-16)23(29)28(24(22)30)20-9-7-18(26)8-10-20/h3-13,27H,1-2H3. The number of carbonyl (C=O) groups is 2. The van der Waals surface area contributed by atoms with Crippen LogP contribution in [0.5, 0.6) is 0 Å². The lowest BCUT2D eigenvalue weighted by molar-refractivity contribution is -0.120. The Labute approximate surface area is 178 Å². The summed E-state index contributed by atoms with van der Waals surface area (Å²) >= 11 is 5.99. The molecule has 0 radical (unpaired) electrons. The van der Waals surface area contributed by atoms with Gasteiger partial charge < -0.3 is 5.32 Å². The molecule has 0 saturated heterocycles. The molecule has 0 spiro atoms. The number of halogens is 2. The van der Waals surface area contributed by atoms with E-state index in [0.717, 1.165) is 16.0 Å². The molecule has 3 aromatic carbocycles. The van der Waals surface area contributed by atoms with Gasteiger partial charge in [-0.15, -0.1) is 0 Å². The van der Waals surface area contributed by atoms with E-state index in [1.54, 1.807) is 24.3 Å². The molecule has 0 bridgehead atoms. The van der Waals surface area contributed by atoms with Crippen LogP contribution in [0.15, 0.2) is 72.4 Å². The third kappa shape index (κ3) is 3.72. The Bertz CT molecular complexity index is 1160. The smallest absolute Gasteiger partial charge is 0.282 e. The van der Waals surface area contributed by atoms with Gasteiger partial charge >= 0.3 is 0 Å². The van der Waals surface area contributed by atoms with E-state index in [2.05, 4.69) is 5.32 Å². The van der Waals surface area contributed by atoms with Crippen molar-refractivity contribution in [2.24, 2.45) is 0 Å². The third-order valence-electron chi connectivity index (χ3n) is 4.79. The molecule has 1 aliphatic rings. The molecule has 0 unspecified atom stereocenters. The number of imide groups is 1. The highest BCUT2D eigenvalue weighted by Crippen LogP contribution is 2.34. The van der Waals surface area contributed by atoms with Gasteiger partial charge in [-0.3, -0.25) is 9.59 Å². The second-order valence-corrected chi connectivity index (χ2v) is 7.62. The predicted octanol–water partition coefficient (Wildman–Crippen LogP) is 5.49. The number of nitrogens with zero attached hydrogens (tertiary/aromatic N) is 1. The first-order valence-corrected chi connectivity index (χ1v) is 9.71. The summed E-state index contributed by atoms with van der Waals surface area (Å²) in [4.78, 5) is 27.6. The minimum Gasteiger partial charge on any atom is -0.350 e. The van der Waals surface area contributed by atoms with Crippen molar-refractivity contribution in [1.82, 2.24) is 0 Å². The minimum absolute atomic E-state index is 0.164. The van der Waals surface area contributed by atoms with Gasteiger partial charge in [0.05, 0.1) is 11.3 Å². The Morgan fingerprint density at radius 3 is 2.03 bits per heavy atom. The van der Waals surface area contributed by atoms with E-state index in [4.69, 9.17) is 11.6 Å². The number of carbonyl (C=O) groups excluding carboxylic acids is 2. The number of benzene rings is 3. The van der Waals surface area contributed by atoms with E-state index in [1.165, 1.54) is 24.3 Å². The maximum absolute atomic E-state index is 13.4. The SMILES string of the molecule is Cc1cc(C)cc(NC2=C(c3ccc(Cl)cc3)C(=O)N(c3ccc(F)cc3)C2=O)c1.